The van der Waals surface area contributed by atoms with Gasteiger partial charge in [0, 0.05) is 11.6 Å². The normalized spacial score (nSPS) is 10.7. The van der Waals surface area contributed by atoms with Crippen molar-refractivity contribution < 1.29 is 9.18 Å². The molecule has 1 amide bonds. The predicted molar refractivity (Wildman–Crippen MR) is 85.8 cm³/mol. The van der Waals surface area contributed by atoms with E-state index in [1.807, 2.05) is 30.3 Å². The van der Waals surface area contributed by atoms with Crippen LogP contribution in [-0.4, -0.2) is 10.9 Å². The van der Waals surface area contributed by atoms with Crippen LogP contribution in [0.2, 0.25) is 5.02 Å². The molecular weight excluding hydrogens is 303 g/mol. The summed E-state index contributed by atoms with van der Waals surface area (Å²) in [5.74, 6) is -0.854. The molecule has 0 spiro atoms. The molecule has 0 aliphatic carbocycles. The second-order valence-electron chi connectivity index (χ2n) is 4.92. The Morgan fingerprint density at radius 1 is 1.23 bits per heavy atom. The second-order valence-corrected chi connectivity index (χ2v) is 5.32. The van der Waals surface area contributed by atoms with Gasteiger partial charge in [0.1, 0.15) is 11.5 Å². The van der Waals surface area contributed by atoms with E-state index in [0.717, 1.165) is 10.8 Å². The van der Waals surface area contributed by atoms with Crippen molar-refractivity contribution in [3.63, 3.8) is 0 Å². The number of nitrogens with one attached hydrogen (secondary N) is 1. The van der Waals surface area contributed by atoms with Gasteiger partial charge in [-0.1, -0.05) is 35.9 Å². The third-order valence-corrected chi connectivity index (χ3v) is 3.70. The first kappa shape index (κ1) is 14.5. The summed E-state index contributed by atoms with van der Waals surface area (Å²) in [6.45, 7) is 1.61. The van der Waals surface area contributed by atoms with Gasteiger partial charge in [-0.25, -0.2) is 4.39 Å². The predicted octanol–water partition coefficient (Wildman–Crippen LogP) is 4.59. The Kier molecular flexibility index (Phi) is 3.77. The molecule has 1 N–H and O–H groups in total. The monoisotopic (exact) mass is 314 g/mol. The lowest BCUT2D eigenvalue weighted by Gasteiger charge is -2.10. The third-order valence-electron chi connectivity index (χ3n) is 3.39. The van der Waals surface area contributed by atoms with Gasteiger partial charge in [0.05, 0.1) is 10.7 Å². The van der Waals surface area contributed by atoms with E-state index in [0.29, 0.717) is 5.56 Å². The van der Waals surface area contributed by atoms with Gasteiger partial charge < -0.3 is 5.32 Å². The maximum atomic E-state index is 13.6. The third kappa shape index (κ3) is 2.65. The fourth-order valence-corrected chi connectivity index (χ4v) is 2.49. The molecule has 0 aliphatic heterocycles. The number of nitrogens with zero attached hydrogens (tertiary/aromatic N) is 1. The Bertz CT molecular complexity index is 874. The molecule has 3 nitrogen and oxygen atoms in total. The molecule has 5 heteroatoms. The molecule has 110 valence electrons. The number of amides is 1. The molecule has 0 aliphatic rings. The van der Waals surface area contributed by atoms with Crippen molar-refractivity contribution in [1.82, 2.24) is 4.98 Å². The second kappa shape index (κ2) is 5.73. The van der Waals surface area contributed by atoms with Crippen molar-refractivity contribution in [3.05, 3.63) is 70.8 Å². The van der Waals surface area contributed by atoms with Crippen molar-refractivity contribution in [2.45, 2.75) is 6.92 Å². The van der Waals surface area contributed by atoms with Gasteiger partial charge >= 0.3 is 0 Å². The Balaban J connectivity index is 1.99. The number of benzene rings is 2. The number of aromatic nitrogens is 1. The van der Waals surface area contributed by atoms with Crippen LogP contribution in [0.1, 0.15) is 16.1 Å². The highest BCUT2D eigenvalue weighted by Gasteiger charge is 2.14. The SMILES string of the molecule is Cc1cc(Cl)c(NC(=O)c2nccc3ccccc23)cc1F. The Labute approximate surface area is 131 Å². The number of aryl methyl sites for hydroxylation is 1. The van der Waals surface area contributed by atoms with Crippen LogP contribution in [0, 0.1) is 12.7 Å². The van der Waals surface area contributed by atoms with Crippen molar-refractivity contribution in [1.29, 1.82) is 0 Å². The standard InChI is InChI=1S/C17H12ClFN2O/c1-10-8-13(18)15(9-14(10)19)21-17(22)16-12-5-3-2-4-11(12)6-7-20-16/h2-9H,1H3,(H,21,22). The summed E-state index contributed by atoms with van der Waals surface area (Å²) in [6.07, 6.45) is 1.56. The number of anilines is 1. The van der Waals surface area contributed by atoms with Gasteiger partial charge in [-0.3, -0.25) is 9.78 Å². The van der Waals surface area contributed by atoms with Crippen LogP contribution in [0.3, 0.4) is 0 Å². The molecule has 3 rings (SSSR count). The van der Waals surface area contributed by atoms with E-state index in [2.05, 4.69) is 10.3 Å². The van der Waals surface area contributed by atoms with Gasteiger partial charge in [0.25, 0.3) is 5.91 Å². The average molecular weight is 315 g/mol. The van der Waals surface area contributed by atoms with Gasteiger partial charge in [-0.2, -0.15) is 0 Å². The summed E-state index contributed by atoms with van der Waals surface area (Å²) in [5.41, 5.74) is 0.922. The van der Waals surface area contributed by atoms with Crippen LogP contribution in [0.4, 0.5) is 10.1 Å². The number of hydrogen-bond acceptors (Lipinski definition) is 2. The lowest BCUT2D eigenvalue weighted by atomic mass is 10.1. The van der Waals surface area contributed by atoms with Gasteiger partial charge in [-0.05, 0) is 36.1 Å². The summed E-state index contributed by atoms with van der Waals surface area (Å²) in [4.78, 5) is 16.5. The molecule has 2 aromatic carbocycles. The first-order valence-corrected chi connectivity index (χ1v) is 7.05. The zero-order valence-electron chi connectivity index (χ0n) is 11.7. The quantitative estimate of drug-likeness (QED) is 0.751. The van der Waals surface area contributed by atoms with Gasteiger partial charge in [0.2, 0.25) is 0 Å². The lowest BCUT2D eigenvalue weighted by Crippen LogP contribution is -2.14. The van der Waals surface area contributed by atoms with Gasteiger partial charge in [-0.15, -0.1) is 0 Å². The van der Waals surface area contributed by atoms with E-state index in [9.17, 15) is 9.18 Å². The van der Waals surface area contributed by atoms with E-state index < -0.39 is 11.7 Å². The smallest absolute Gasteiger partial charge is 0.274 e. The van der Waals surface area contributed by atoms with Crippen molar-refractivity contribution >= 4 is 34.0 Å². The molecule has 0 saturated heterocycles. The lowest BCUT2D eigenvalue weighted by molar-refractivity contribution is 0.102. The van der Waals surface area contributed by atoms with E-state index in [4.69, 9.17) is 11.6 Å². The highest BCUT2D eigenvalue weighted by molar-refractivity contribution is 6.34. The Hall–Kier alpha value is -2.46. The minimum atomic E-state index is -0.429. The van der Waals surface area contributed by atoms with E-state index in [1.54, 1.807) is 13.1 Å². The fourth-order valence-electron chi connectivity index (χ4n) is 2.22. The van der Waals surface area contributed by atoms with Crippen LogP contribution >= 0.6 is 11.6 Å². The minimum Gasteiger partial charge on any atom is -0.319 e. The number of pyridine rings is 1. The van der Waals surface area contributed by atoms with Crippen molar-refractivity contribution in [3.8, 4) is 0 Å². The molecule has 3 aromatic rings. The van der Waals surface area contributed by atoms with Crippen molar-refractivity contribution in [2.75, 3.05) is 5.32 Å². The first-order chi connectivity index (χ1) is 10.6. The minimum absolute atomic E-state index is 0.226. The van der Waals surface area contributed by atoms with Crippen LogP contribution < -0.4 is 5.32 Å². The van der Waals surface area contributed by atoms with E-state index in [-0.39, 0.29) is 16.4 Å². The summed E-state index contributed by atoms with van der Waals surface area (Å²) < 4.78 is 13.6. The molecule has 0 atom stereocenters. The van der Waals surface area contributed by atoms with Crippen LogP contribution in [0.5, 0.6) is 0 Å². The molecule has 1 heterocycles. The zero-order chi connectivity index (χ0) is 15.7. The number of hydrogen-bond donors (Lipinski definition) is 1. The fraction of sp³-hybridized carbons (Fsp3) is 0.0588. The van der Waals surface area contributed by atoms with Crippen LogP contribution in [0.25, 0.3) is 10.8 Å². The Morgan fingerprint density at radius 3 is 2.82 bits per heavy atom. The molecule has 0 radical (unpaired) electrons. The highest BCUT2D eigenvalue weighted by atomic mass is 35.5. The zero-order valence-corrected chi connectivity index (χ0v) is 12.5. The molecule has 0 saturated carbocycles. The van der Waals surface area contributed by atoms with Gasteiger partial charge in [0.15, 0.2) is 0 Å². The number of carbonyl (C=O) groups excluding carboxylic acids is 1. The largest absolute Gasteiger partial charge is 0.319 e. The molecular formula is C17H12ClFN2O. The number of fused-ring (bicyclic) bond motifs is 1. The number of rotatable bonds is 2. The Morgan fingerprint density at radius 2 is 2.00 bits per heavy atom. The average Bonchev–Trinajstić information content (AvgIpc) is 2.52. The van der Waals surface area contributed by atoms with Crippen LogP contribution in [0.15, 0.2) is 48.7 Å². The summed E-state index contributed by atoms with van der Waals surface area (Å²) in [6, 6.07) is 11.9. The molecule has 22 heavy (non-hydrogen) atoms. The summed E-state index contributed by atoms with van der Waals surface area (Å²) in [7, 11) is 0. The van der Waals surface area contributed by atoms with Crippen molar-refractivity contribution in [2.24, 2.45) is 0 Å². The first-order valence-electron chi connectivity index (χ1n) is 6.67. The number of carbonyl (C=O) groups is 1. The summed E-state index contributed by atoms with van der Waals surface area (Å²) >= 11 is 6.05. The van der Waals surface area contributed by atoms with Crippen LogP contribution in [-0.2, 0) is 0 Å². The topological polar surface area (TPSA) is 42.0 Å². The number of halogens is 2. The summed E-state index contributed by atoms with van der Waals surface area (Å²) in [5, 5.41) is 4.53. The highest BCUT2D eigenvalue weighted by Crippen LogP contribution is 2.26. The van der Waals surface area contributed by atoms with E-state index >= 15 is 0 Å². The molecule has 1 aromatic heterocycles. The maximum absolute atomic E-state index is 13.6. The van der Waals surface area contributed by atoms with E-state index in [1.165, 1.54) is 12.1 Å². The molecule has 0 bridgehead atoms. The molecule has 0 unspecified atom stereocenters. The molecule has 0 fully saturated rings. The maximum Gasteiger partial charge on any atom is 0.274 e.